The van der Waals surface area contributed by atoms with Crippen LogP contribution in [0.1, 0.15) is 42.3 Å². The van der Waals surface area contributed by atoms with Crippen molar-refractivity contribution in [2.45, 2.75) is 20.8 Å². The minimum Gasteiger partial charge on any atom is -0.507 e. The van der Waals surface area contributed by atoms with Crippen LogP contribution in [-0.4, -0.2) is 81.7 Å². The van der Waals surface area contributed by atoms with E-state index in [9.17, 15) is 15.0 Å². The second-order valence-electron chi connectivity index (χ2n) is 8.91. The molecule has 12 heteroatoms. The largest absolute Gasteiger partial charge is 0.507 e. The highest BCUT2D eigenvalue weighted by molar-refractivity contribution is 8.77. The third-order valence-corrected chi connectivity index (χ3v) is 10.3. The molecule has 0 aromatic heterocycles. The molecule has 0 aliphatic carbocycles. The van der Waals surface area contributed by atoms with Gasteiger partial charge >= 0.3 is 0 Å². The molecule has 0 unspecified atom stereocenters. The molecule has 0 aliphatic rings. The van der Waals surface area contributed by atoms with Crippen LogP contribution in [0.2, 0.25) is 0 Å². The zero-order chi connectivity index (χ0) is 32.6. The molecule has 44 heavy (non-hydrogen) atoms. The molecule has 3 aromatic carbocycles. The van der Waals surface area contributed by atoms with Gasteiger partial charge < -0.3 is 26.8 Å². The Morgan fingerprint density at radius 1 is 0.568 bits per heavy atom. The fourth-order valence-corrected chi connectivity index (χ4v) is 6.77. The summed E-state index contributed by atoms with van der Waals surface area (Å²) < 4.78 is 0. The predicted molar refractivity (Wildman–Crippen MR) is 196 cm³/mol. The topological polar surface area (TPSA) is 155 Å². The number of hydrogen-bond acceptors (Lipinski definition) is 12. The van der Waals surface area contributed by atoms with E-state index in [1.807, 2.05) is 50.2 Å². The Morgan fingerprint density at radius 2 is 0.886 bits per heavy atom. The van der Waals surface area contributed by atoms with Crippen molar-refractivity contribution in [1.29, 1.82) is 0 Å². The minimum absolute atomic E-state index is 0.0509. The van der Waals surface area contributed by atoms with E-state index in [1.54, 1.807) is 73.5 Å². The van der Waals surface area contributed by atoms with Gasteiger partial charge in [-0.25, -0.2) is 0 Å². The van der Waals surface area contributed by atoms with Crippen LogP contribution in [0.4, 0.5) is 0 Å². The molecule has 8 nitrogen and oxygen atoms in total. The summed E-state index contributed by atoms with van der Waals surface area (Å²) in [4.78, 5) is 19.7. The number of carbonyl (C=O) groups excluding carboxylic acids is 1. The first-order valence-electron chi connectivity index (χ1n) is 14.0. The number of phenolic OH excluding ortho intramolecular Hbond substituents is 3. The van der Waals surface area contributed by atoms with Crippen molar-refractivity contribution in [3.05, 3.63) is 89.5 Å². The average Bonchev–Trinajstić information content (AvgIpc) is 3.01. The van der Waals surface area contributed by atoms with E-state index in [-0.39, 0.29) is 23.0 Å². The maximum absolute atomic E-state index is 10.7. The number of phenols is 3. The van der Waals surface area contributed by atoms with Crippen LogP contribution in [0.15, 0.2) is 82.8 Å². The van der Waals surface area contributed by atoms with Gasteiger partial charge in [-0.1, -0.05) is 79.6 Å². The smallest absolute Gasteiger partial charge is 0.163 e. The standard InChI is InChI=1S/C20H24N2O2S2.C8H8O2.C4H12N2S2/c1-15(17-7-3-5-9-19(17)23)21-11-13-25-26-14-12-22-16(2)18-8-4-6-10-20(18)24;1-6(9)7-4-2-3-5-8(7)10;5-1-3-7-8-4-2-6/h3-10,23-24H,11-14H2,1-2H3;2-5,10H,1H3;1-6H2. The lowest BCUT2D eigenvalue weighted by Crippen LogP contribution is -2.02. The van der Waals surface area contributed by atoms with Crippen LogP contribution in [-0.2, 0) is 0 Å². The number of nitrogens with zero attached hydrogens (tertiary/aromatic N) is 2. The SMILES string of the molecule is CC(=NCCSSCCN=C(C)c1ccccc1O)c1ccccc1O.CC(=O)c1ccccc1O.NCCSSCCN. The summed E-state index contributed by atoms with van der Waals surface area (Å²) in [5, 5.41) is 28.7. The van der Waals surface area contributed by atoms with E-state index in [1.165, 1.54) is 13.0 Å². The van der Waals surface area contributed by atoms with Gasteiger partial charge in [0.15, 0.2) is 5.78 Å². The van der Waals surface area contributed by atoms with Crippen molar-refractivity contribution in [3.8, 4) is 17.2 Å². The molecule has 0 amide bonds. The Balaban J connectivity index is 0.000000437. The van der Waals surface area contributed by atoms with Gasteiger partial charge in [-0.2, -0.15) is 0 Å². The summed E-state index contributed by atoms with van der Waals surface area (Å²) in [6.07, 6.45) is 0. The van der Waals surface area contributed by atoms with Crippen molar-refractivity contribution in [3.63, 3.8) is 0 Å². The van der Waals surface area contributed by atoms with Crippen molar-refractivity contribution in [2.75, 3.05) is 49.2 Å². The van der Waals surface area contributed by atoms with Crippen molar-refractivity contribution >= 4 is 60.4 Å². The number of ketones is 1. The number of nitrogens with two attached hydrogens (primary N) is 2. The van der Waals surface area contributed by atoms with Gasteiger partial charge in [0.2, 0.25) is 0 Å². The molecule has 7 N–H and O–H groups in total. The molecule has 0 radical (unpaired) electrons. The Bertz CT molecular complexity index is 1240. The number of benzene rings is 3. The summed E-state index contributed by atoms with van der Waals surface area (Å²) in [7, 11) is 7.13. The van der Waals surface area contributed by atoms with Crippen LogP contribution < -0.4 is 11.5 Å². The van der Waals surface area contributed by atoms with Gasteiger partial charge in [-0.15, -0.1) is 0 Å². The summed E-state index contributed by atoms with van der Waals surface area (Å²) in [5.41, 5.74) is 14.2. The average molecular weight is 677 g/mol. The van der Waals surface area contributed by atoms with E-state index in [2.05, 4.69) is 9.98 Å². The first-order chi connectivity index (χ1) is 21.2. The Hall–Kier alpha value is -2.61. The summed E-state index contributed by atoms with van der Waals surface area (Å²) in [6.45, 7) is 8.24. The molecular weight excluding hydrogens is 633 g/mol. The number of rotatable bonds is 15. The molecule has 0 aliphatic heterocycles. The van der Waals surface area contributed by atoms with Crippen LogP contribution in [0.3, 0.4) is 0 Å². The van der Waals surface area contributed by atoms with E-state index in [4.69, 9.17) is 16.6 Å². The molecule has 0 saturated carbocycles. The number of Topliss-reactive ketones (excluding diaryl/α,β-unsaturated/α-hetero) is 1. The molecule has 0 spiro atoms. The minimum atomic E-state index is -0.113. The third-order valence-electron chi connectivity index (χ3n) is 5.49. The van der Waals surface area contributed by atoms with E-state index in [0.29, 0.717) is 5.56 Å². The quantitative estimate of drug-likeness (QED) is 0.0510. The number of aromatic hydroxyl groups is 3. The molecule has 0 bridgehead atoms. The molecule has 0 fully saturated rings. The number of carbonyl (C=O) groups is 1. The summed E-state index contributed by atoms with van der Waals surface area (Å²) in [5.74, 6) is 4.38. The number of hydrogen-bond donors (Lipinski definition) is 5. The van der Waals surface area contributed by atoms with Crippen LogP contribution in [0.5, 0.6) is 17.2 Å². The highest BCUT2D eigenvalue weighted by Gasteiger charge is 2.04. The zero-order valence-electron chi connectivity index (χ0n) is 25.5. The normalized spacial score (nSPS) is 11.2. The van der Waals surface area contributed by atoms with Gasteiger partial charge in [0.05, 0.1) is 5.56 Å². The summed E-state index contributed by atoms with van der Waals surface area (Å²) >= 11 is 0. The van der Waals surface area contributed by atoms with Crippen LogP contribution in [0, 0.1) is 0 Å². The molecule has 3 rings (SSSR count). The molecule has 0 heterocycles. The third kappa shape index (κ3) is 17.0. The van der Waals surface area contributed by atoms with Gasteiger partial charge in [0.25, 0.3) is 0 Å². The lowest BCUT2D eigenvalue weighted by Gasteiger charge is -2.04. The maximum atomic E-state index is 10.7. The Labute approximate surface area is 277 Å². The molecule has 0 saturated heterocycles. The maximum Gasteiger partial charge on any atom is 0.163 e. The van der Waals surface area contributed by atoms with E-state index in [0.717, 1.165) is 71.7 Å². The van der Waals surface area contributed by atoms with Crippen LogP contribution in [0.25, 0.3) is 0 Å². The monoisotopic (exact) mass is 676 g/mol. The molecule has 3 aromatic rings. The first kappa shape index (κ1) is 39.4. The lowest BCUT2D eigenvalue weighted by atomic mass is 10.1. The molecular formula is C32H44N4O4S4. The second-order valence-corrected chi connectivity index (χ2v) is 14.3. The Kier molecular flexibility index (Phi) is 22.1. The van der Waals surface area contributed by atoms with Gasteiger partial charge in [0, 0.05) is 71.7 Å². The van der Waals surface area contributed by atoms with Crippen molar-refractivity contribution in [1.82, 2.24) is 0 Å². The molecule has 0 atom stereocenters. The van der Waals surface area contributed by atoms with Gasteiger partial charge in [-0.05, 0) is 57.2 Å². The molecule has 240 valence electrons. The van der Waals surface area contributed by atoms with Crippen molar-refractivity contribution < 1.29 is 20.1 Å². The summed E-state index contributed by atoms with van der Waals surface area (Å²) in [6, 6.07) is 21.0. The highest BCUT2D eigenvalue weighted by atomic mass is 33.1. The number of aliphatic imine (C=N–C) groups is 2. The van der Waals surface area contributed by atoms with E-state index >= 15 is 0 Å². The number of para-hydroxylation sites is 3. The predicted octanol–water partition coefficient (Wildman–Crippen LogP) is 6.68. The Morgan fingerprint density at radius 3 is 1.18 bits per heavy atom. The van der Waals surface area contributed by atoms with Gasteiger partial charge in [0.1, 0.15) is 17.2 Å². The van der Waals surface area contributed by atoms with Gasteiger partial charge in [-0.3, -0.25) is 14.8 Å². The van der Waals surface area contributed by atoms with Crippen LogP contribution >= 0.6 is 43.2 Å². The highest BCUT2D eigenvalue weighted by Crippen LogP contribution is 2.22. The van der Waals surface area contributed by atoms with E-state index < -0.39 is 0 Å². The fourth-order valence-electron chi connectivity index (χ4n) is 3.33. The lowest BCUT2D eigenvalue weighted by molar-refractivity contribution is 0.101. The second kappa shape index (κ2) is 24.7. The first-order valence-corrected chi connectivity index (χ1v) is 19.0. The zero-order valence-corrected chi connectivity index (χ0v) is 28.8. The van der Waals surface area contributed by atoms with Crippen molar-refractivity contribution in [2.24, 2.45) is 21.5 Å². The fraction of sp³-hybridized carbons (Fsp3) is 0.344.